The fourth-order valence-electron chi connectivity index (χ4n) is 1.89. The van der Waals surface area contributed by atoms with Crippen molar-refractivity contribution in [1.29, 1.82) is 0 Å². The second-order valence-electron chi connectivity index (χ2n) is 4.33. The van der Waals surface area contributed by atoms with Crippen molar-refractivity contribution in [1.82, 2.24) is 9.80 Å². The van der Waals surface area contributed by atoms with Crippen molar-refractivity contribution in [2.24, 2.45) is 0 Å². The van der Waals surface area contributed by atoms with Gasteiger partial charge in [-0.15, -0.1) is 0 Å². The monoisotopic (exact) mass is 230 g/mol. The van der Waals surface area contributed by atoms with Crippen molar-refractivity contribution in [2.75, 3.05) is 46.4 Å². The van der Waals surface area contributed by atoms with Gasteiger partial charge in [-0.05, 0) is 6.92 Å². The molecule has 16 heavy (non-hydrogen) atoms. The molecule has 1 rings (SSSR count). The molecule has 1 fully saturated rings. The average Bonchev–Trinajstić information content (AvgIpc) is 2.28. The average molecular weight is 230 g/mol. The molecule has 1 aliphatic heterocycles. The molecule has 0 spiro atoms. The van der Waals surface area contributed by atoms with E-state index >= 15 is 0 Å². The SMILES string of the molecule is COC(C)CN1CCN(CCC(=O)O)CC1. The molecule has 0 saturated carbocycles. The molecule has 0 bridgehead atoms. The van der Waals surface area contributed by atoms with Gasteiger partial charge < -0.3 is 14.7 Å². The minimum Gasteiger partial charge on any atom is -0.481 e. The van der Waals surface area contributed by atoms with E-state index in [9.17, 15) is 4.79 Å². The zero-order valence-corrected chi connectivity index (χ0v) is 10.2. The Morgan fingerprint density at radius 3 is 2.38 bits per heavy atom. The topological polar surface area (TPSA) is 53.0 Å². The number of ether oxygens (including phenoxy) is 1. The first-order valence-electron chi connectivity index (χ1n) is 5.81. The van der Waals surface area contributed by atoms with Gasteiger partial charge in [0.15, 0.2) is 0 Å². The second kappa shape index (κ2) is 6.83. The van der Waals surface area contributed by atoms with Crippen molar-refractivity contribution in [3.05, 3.63) is 0 Å². The third-order valence-corrected chi connectivity index (χ3v) is 3.02. The molecular weight excluding hydrogens is 208 g/mol. The minimum atomic E-state index is -0.713. The number of carboxylic acids is 1. The Labute approximate surface area is 97.0 Å². The van der Waals surface area contributed by atoms with Crippen LogP contribution >= 0.6 is 0 Å². The Kier molecular flexibility index (Phi) is 5.73. The summed E-state index contributed by atoms with van der Waals surface area (Å²) in [7, 11) is 1.73. The maximum Gasteiger partial charge on any atom is 0.304 e. The lowest BCUT2D eigenvalue weighted by atomic mass is 10.2. The molecule has 1 unspecified atom stereocenters. The minimum absolute atomic E-state index is 0.245. The molecular formula is C11H22N2O3. The fourth-order valence-corrected chi connectivity index (χ4v) is 1.89. The van der Waals surface area contributed by atoms with Gasteiger partial charge in [-0.1, -0.05) is 0 Å². The standard InChI is InChI=1S/C11H22N2O3/c1-10(16-2)9-13-7-5-12(6-8-13)4-3-11(14)15/h10H,3-9H2,1-2H3,(H,14,15). The number of carbonyl (C=O) groups is 1. The Balaban J connectivity index is 2.15. The van der Waals surface area contributed by atoms with E-state index in [-0.39, 0.29) is 12.5 Å². The lowest BCUT2D eigenvalue weighted by molar-refractivity contribution is -0.137. The number of rotatable bonds is 6. The van der Waals surface area contributed by atoms with Gasteiger partial charge in [-0.3, -0.25) is 9.69 Å². The molecule has 1 atom stereocenters. The molecule has 1 aliphatic rings. The van der Waals surface area contributed by atoms with Crippen molar-refractivity contribution >= 4 is 5.97 Å². The van der Waals surface area contributed by atoms with Crippen LogP contribution in [-0.4, -0.2) is 73.4 Å². The van der Waals surface area contributed by atoms with Gasteiger partial charge >= 0.3 is 5.97 Å². The predicted octanol–water partition coefficient (Wildman–Crippen LogP) is 0.114. The summed E-state index contributed by atoms with van der Waals surface area (Å²) in [6, 6.07) is 0. The largest absolute Gasteiger partial charge is 0.481 e. The van der Waals surface area contributed by atoms with Crippen molar-refractivity contribution in [2.45, 2.75) is 19.4 Å². The van der Waals surface area contributed by atoms with E-state index in [1.807, 2.05) is 0 Å². The first-order valence-corrected chi connectivity index (χ1v) is 5.81. The summed E-state index contributed by atoms with van der Waals surface area (Å²) in [5, 5.41) is 8.59. The van der Waals surface area contributed by atoms with Crippen LogP contribution in [0.2, 0.25) is 0 Å². The molecule has 0 aliphatic carbocycles. The molecule has 5 nitrogen and oxygen atoms in total. The first kappa shape index (κ1) is 13.4. The van der Waals surface area contributed by atoms with Crippen LogP contribution in [0.15, 0.2) is 0 Å². The third-order valence-electron chi connectivity index (χ3n) is 3.02. The van der Waals surface area contributed by atoms with Gasteiger partial charge in [-0.2, -0.15) is 0 Å². The second-order valence-corrected chi connectivity index (χ2v) is 4.33. The van der Waals surface area contributed by atoms with Gasteiger partial charge in [0, 0.05) is 46.4 Å². The molecule has 0 aromatic heterocycles. The third kappa shape index (κ3) is 4.92. The lowest BCUT2D eigenvalue weighted by Crippen LogP contribution is -2.48. The Morgan fingerprint density at radius 1 is 1.31 bits per heavy atom. The Bertz CT molecular complexity index is 215. The Morgan fingerprint density at radius 2 is 1.88 bits per heavy atom. The summed E-state index contributed by atoms with van der Waals surface area (Å²) in [4.78, 5) is 15.0. The van der Waals surface area contributed by atoms with E-state index < -0.39 is 5.97 Å². The molecule has 0 amide bonds. The summed E-state index contributed by atoms with van der Waals surface area (Å²) >= 11 is 0. The molecule has 1 heterocycles. The summed E-state index contributed by atoms with van der Waals surface area (Å²) in [5.74, 6) is -0.713. The predicted molar refractivity (Wildman–Crippen MR) is 61.6 cm³/mol. The summed E-state index contributed by atoms with van der Waals surface area (Å²) in [6.45, 7) is 7.64. The van der Waals surface area contributed by atoms with Crippen molar-refractivity contribution < 1.29 is 14.6 Å². The number of methoxy groups -OCH3 is 1. The van der Waals surface area contributed by atoms with Crippen molar-refractivity contribution in [3.63, 3.8) is 0 Å². The molecule has 0 radical (unpaired) electrons. The molecule has 0 aromatic rings. The van der Waals surface area contributed by atoms with Crippen LogP contribution in [0.25, 0.3) is 0 Å². The zero-order valence-electron chi connectivity index (χ0n) is 10.2. The van der Waals surface area contributed by atoms with Gasteiger partial charge in [0.1, 0.15) is 0 Å². The van der Waals surface area contributed by atoms with Crippen LogP contribution in [0, 0.1) is 0 Å². The van der Waals surface area contributed by atoms with E-state index in [1.54, 1.807) is 7.11 Å². The first-order chi connectivity index (χ1) is 7.61. The van der Waals surface area contributed by atoms with Gasteiger partial charge in [0.05, 0.1) is 12.5 Å². The number of carboxylic acid groups (broad SMARTS) is 1. The highest BCUT2D eigenvalue weighted by atomic mass is 16.5. The van der Waals surface area contributed by atoms with Crippen molar-refractivity contribution in [3.8, 4) is 0 Å². The Hall–Kier alpha value is -0.650. The molecule has 1 saturated heterocycles. The van der Waals surface area contributed by atoms with Gasteiger partial charge in [0.2, 0.25) is 0 Å². The van der Waals surface area contributed by atoms with E-state index in [0.29, 0.717) is 6.54 Å². The summed E-state index contributed by atoms with van der Waals surface area (Å²) < 4.78 is 5.23. The highest BCUT2D eigenvalue weighted by Crippen LogP contribution is 2.04. The summed E-state index contributed by atoms with van der Waals surface area (Å²) in [6.07, 6.45) is 0.514. The summed E-state index contributed by atoms with van der Waals surface area (Å²) in [5.41, 5.74) is 0. The molecule has 5 heteroatoms. The van der Waals surface area contributed by atoms with Gasteiger partial charge in [0.25, 0.3) is 0 Å². The van der Waals surface area contributed by atoms with Crippen LogP contribution in [0.4, 0.5) is 0 Å². The van der Waals surface area contributed by atoms with E-state index in [4.69, 9.17) is 9.84 Å². The van der Waals surface area contributed by atoms with E-state index in [2.05, 4.69) is 16.7 Å². The molecule has 94 valence electrons. The van der Waals surface area contributed by atoms with Gasteiger partial charge in [-0.25, -0.2) is 0 Å². The normalized spacial score (nSPS) is 20.9. The number of nitrogens with zero attached hydrogens (tertiary/aromatic N) is 2. The highest BCUT2D eigenvalue weighted by Gasteiger charge is 2.18. The van der Waals surface area contributed by atoms with Crippen LogP contribution < -0.4 is 0 Å². The maximum atomic E-state index is 10.4. The zero-order chi connectivity index (χ0) is 12.0. The van der Waals surface area contributed by atoms with E-state index in [1.165, 1.54) is 0 Å². The number of piperazine rings is 1. The quantitative estimate of drug-likeness (QED) is 0.702. The van der Waals surface area contributed by atoms with Crippen LogP contribution in [0.3, 0.4) is 0 Å². The smallest absolute Gasteiger partial charge is 0.304 e. The molecule has 1 N–H and O–H groups in total. The number of hydrogen-bond acceptors (Lipinski definition) is 4. The van der Waals surface area contributed by atoms with Crippen LogP contribution in [-0.2, 0) is 9.53 Å². The fraction of sp³-hybridized carbons (Fsp3) is 0.909. The number of aliphatic carboxylic acids is 1. The van der Waals surface area contributed by atoms with Crippen LogP contribution in [0.1, 0.15) is 13.3 Å². The lowest BCUT2D eigenvalue weighted by Gasteiger charge is -2.35. The number of hydrogen-bond donors (Lipinski definition) is 1. The van der Waals surface area contributed by atoms with E-state index in [0.717, 1.165) is 32.7 Å². The molecule has 0 aromatic carbocycles. The van der Waals surface area contributed by atoms with Crippen LogP contribution in [0.5, 0.6) is 0 Å². The highest BCUT2D eigenvalue weighted by molar-refractivity contribution is 5.66. The maximum absolute atomic E-state index is 10.4.